The maximum Gasteiger partial charge on any atom is 0.326 e. The van der Waals surface area contributed by atoms with Gasteiger partial charge in [0.2, 0.25) is 17.7 Å². The zero-order chi connectivity index (χ0) is 28.3. The third kappa shape index (κ3) is 13.2. The summed E-state index contributed by atoms with van der Waals surface area (Å²) in [4.78, 5) is 50.9. The number of thioether (sulfide) groups is 1. The SMILES string of the molecule is CSCCC(NC(=O)C(N)CCCCN)C(=O)NC(Cc1ccccc1)C(=O)NC(CCCCN)C(=O)O. The van der Waals surface area contributed by atoms with Gasteiger partial charge in [0, 0.05) is 6.42 Å². The molecule has 0 saturated carbocycles. The minimum absolute atomic E-state index is 0.148. The van der Waals surface area contributed by atoms with Crippen molar-refractivity contribution in [2.75, 3.05) is 25.1 Å². The van der Waals surface area contributed by atoms with Crippen molar-refractivity contribution in [3.05, 3.63) is 35.9 Å². The van der Waals surface area contributed by atoms with Crippen LogP contribution in [0.4, 0.5) is 0 Å². The van der Waals surface area contributed by atoms with Gasteiger partial charge in [-0.25, -0.2) is 4.79 Å². The quantitative estimate of drug-likeness (QED) is 0.110. The summed E-state index contributed by atoms with van der Waals surface area (Å²) in [7, 11) is 0. The first-order valence-electron chi connectivity index (χ1n) is 13.1. The van der Waals surface area contributed by atoms with E-state index in [-0.39, 0.29) is 12.8 Å². The molecule has 0 radical (unpaired) electrons. The van der Waals surface area contributed by atoms with Gasteiger partial charge in [0.15, 0.2) is 0 Å². The predicted octanol–water partition coefficient (Wildman–Crippen LogP) is 0.107. The van der Waals surface area contributed by atoms with Crippen LogP contribution in [0.3, 0.4) is 0 Å². The Kier molecular flexibility index (Phi) is 17.0. The molecule has 214 valence electrons. The first kappa shape index (κ1) is 33.4. The number of amides is 3. The van der Waals surface area contributed by atoms with Crippen molar-refractivity contribution in [3.63, 3.8) is 0 Å². The zero-order valence-electron chi connectivity index (χ0n) is 22.2. The van der Waals surface area contributed by atoms with Crippen LogP contribution in [0, 0.1) is 0 Å². The average molecular weight is 553 g/mol. The standard InChI is InChI=1S/C26H44N6O5S/c1-38-16-13-20(30-23(33)19(29)11-5-7-14-27)24(34)32-22(17-18-9-3-2-4-10-18)25(35)31-21(26(36)37)12-6-8-15-28/h2-4,9-10,19-22H,5-8,11-17,27-29H2,1H3,(H,30,33)(H,31,35)(H,32,34)(H,36,37). The lowest BCUT2D eigenvalue weighted by molar-refractivity contribution is -0.142. The highest BCUT2D eigenvalue weighted by Gasteiger charge is 2.30. The van der Waals surface area contributed by atoms with Crippen LogP contribution in [-0.2, 0) is 25.6 Å². The number of carbonyl (C=O) groups excluding carboxylic acids is 3. The molecule has 11 nitrogen and oxygen atoms in total. The Morgan fingerprint density at radius 3 is 1.92 bits per heavy atom. The van der Waals surface area contributed by atoms with E-state index >= 15 is 0 Å². The maximum atomic E-state index is 13.3. The van der Waals surface area contributed by atoms with Gasteiger partial charge in [-0.1, -0.05) is 36.8 Å². The fourth-order valence-electron chi connectivity index (χ4n) is 3.78. The van der Waals surface area contributed by atoms with Crippen LogP contribution in [-0.4, -0.2) is 78.1 Å². The summed E-state index contributed by atoms with van der Waals surface area (Å²) in [6.45, 7) is 0.931. The van der Waals surface area contributed by atoms with Crippen LogP contribution in [0.2, 0.25) is 0 Å². The minimum Gasteiger partial charge on any atom is -0.480 e. The van der Waals surface area contributed by atoms with Crippen molar-refractivity contribution < 1.29 is 24.3 Å². The lowest BCUT2D eigenvalue weighted by atomic mass is 10.0. The van der Waals surface area contributed by atoms with Crippen molar-refractivity contribution in [1.82, 2.24) is 16.0 Å². The van der Waals surface area contributed by atoms with E-state index in [1.54, 1.807) is 0 Å². The summed E-state index contributed by atoms with van der Waals surface area (Å²) in [5.41, 5.74) is 17.8. The predicted molar refractivity (Wildman–Crippen MR) is 150 cm³/mol. The second kappa shape index (κ2) is 19.4. The average Bonchev–Trinajstić information content (AvgIpc) is 2.90. The van der Waals surface area contributed by atoms with E-state index < -0.39 is 47.9 Å². The number of hydrogen-bond donors (Lipinski definition) is 7. The maximum absolute atomic E-state index is 13.3. The highest BCUT2D eigenvalue weighted by molar-refractivity contribution is 7.98. The van der Waals surface area contributed by atoms with Gasteiger partial charge in [-0.2, -0.15) is 11.8 Å². The molecule has 0 aliphatic carbocycles. The van der Waals surface area contributed by atoms with Gasteiger partial charge in [-0.05, 0) is 69.2 Å². The molecular weight excluding hydrogens is 508 g/mol. The van der Waals surface area contributed by atoms with Gasteiger partial charge >= 0.3 is 5.97 Å². The summed E-state index contributed by atoms with van der Waals surface area (Å²) in [5.74, 6) is -2.16. The highest BCUT2D eigenvalue weighted by atomic mass is 32.2. The topological polar surface area (TPSA) is 203 Å². The zero-order valence-corrected chi connectivity index (χ0v) is 23.0. The van der Waals surface area contributed by atoms with Gasteiger partial charge in [0.1, 0.15) is 18.1 Å². The number of benzene rings is 1. The molecule has 38 heavy (non-hydrogen) atoms. The lowest BCUT2D eigenvalue weighted by Gasteiger charge is -2.25. The number of nitrogens with two attached hydrogens (primary N) is 3. The van der Waals surface area contributed by atoms with Crippen LogP contribution in [0.25, 0.3) is 0 Å². The molecule has 0 spiro atoms. The Balaban J connectivity index is 3.02. The molecule has 10 N–H and O–H groups in total. The molecule has 1 aromatic rings. The monoisotopic (exact) mass is 552 g/mol. The smallest absolute Gasteiger partial charge is 0.326 e. The molecule has 4 unspecified atom stereocenters. The Hall–Kier alpha value is -2.67. The van der Waals surface area contributed by atoms with E-state index in [0.717, 1.165) is 12.0 Å². The first-order chi connectivity index (χ1) is 18.2. The molecule has 12 heteroatoms. The summed E-state index contributed by atoms with van der Waals surface area (Å²) >= 11 is 1.52. The van der Waals surface area contributed by atoms with E-state index in [4.69, 9.17) is 17.2 Å². The number of carboxylic acid groups (broad SMARTS) is 1. The van der Waals surface area contributed by atoms with Crippen molar-refractivity contribution in [2.24, 2.45) is 17.2 Å². The number of unbranched alkanes of at least 4 members (excludes halogenated alkanes) is 2. The molecule has 0 bridgehead atoms. The van der Waals surface area contributed by atoms with E-state index in [9.17, 15) is 24.3 Å². The molecule has 0 heterocycles. The summed E-state index contributed by atoms with van der Waals surface area (Å²) < 4.78 is 0. The number of rotatable bonds is 20. The third-order valence-corrected chi connectivity index (χ3v) is 6.67. The molecule has 0 aliphatic rings. The van der Waals surface area contributed by atoms with Gasteiger partial charge in [-0.15, -0.1) is 0 Å². The normalized spacial score (nSPS) is 14.1. The molecular formula is C26H44N6O5S. The number of carboxylic acids is 1. The molecule has 0 saturated heterocycles. The van der Waals surface area contributed by atoms with Gasteiger partial charge in [0.05, 0.1) is 6.04 Å². The van der Waals surface area contributed by atoms with Gasteiger partial charge in [-0.3, -0.25) is 14.4 Å². The Morgan fingerprint density at radius 1 is 0.789 bits per heavy atom. The van der Waals surface area contributed by atoms with Crippen LogP contribution in [0.1, 0.15) is 50.5 Å². The summed E-state index contributed by atoms with van der Waals surface area (Å²) in [6.07, 6.45) is 5.66. The third-order valence-electron chi connectivity index (χ3n) is 6.03. The largest absolute Gasteiger partial charge is 0.480 e. The van der Waals surface area contributed by atoms with Gasteiger partial charge in [0.25, 0.3) is 0 Å². The lowest BCUT2D eigenvalue weighted by Crippen LogP contribution is -2.57. The van der Waals surface area contributed by atoms with E-state index in [0.29, 0.717) is 50.9 Å². The molecule has 3 amide bonds. The van der Waals surface area contributed by atoms with Crippen LogP contribution in [0.5, 0.6) is 0 Å². The fraction of sp³-hybridized carbons (Fsp3) is 0.615. The Bertz CT molecular complexity index is 860. The fourth-order valence-corrected chi connectivity index (χ4v) is 4.25. The molecule has 0 aliphatic heterocycles. The summed E-state index contributed by atoms with van der Waals surface area (Å²) in [5, 5.41) is 17.6. The molecule has 0 aromatic heterocycles. The van der Waals surface area contributed by atoms with Crippen LogP contribution < -0.4 is 33.2 Å². The van der Waals surface area contributed by atoms with Crippen molar-refractivity contribution in [3.8, 4) is 0 Å². The molecule has 0 fully saturated rings. The molecule has 1 rings (SSSR count). The number of carbonyl (C=O) groups is 4. The van der Waals surface area contributed by atoms with Crippen molar-refractivity contribution >= 4 is 35.5 Å². The molecule has 4 atom stereocenters. The van der Waals surface area contributed by atoms with E-state index in [1.165, 1.54) is 11.8 Å². The van der Waals surface area contributed by atoms with Gasteiger partial charge < -0.3 is 38.3 Å². The summed E-state index contributed by atoms with van der Waals surface area (Å²) in [6, 6.07) is 5.25. The minimum atomic E-state index is -1.16. The molecule has 1 aromatic carbocycles. The Labute approximate surface area is 229 Å². The number of nitrogens with one attached hydrogen (secondary N) is 3. The van der Waals surface area contributed by atoms with E-state index in [2.05, 4.69) is 16.0 Å². The highest BCUT2D eigenvalue weighted by Crippen LogP contribution is 2.09. The Morgan fingerprint density at radius 2 is 1.34 bits per heavy atom. The van der Waals surface area contributed by atoms with Crippen molar-refractivity contribution in [1.29, 1.82) is 0 Å². The second-order valence-electron chi connectivity index (χ2n) is 9.17. The number of hydrogen-bond acceptors (Lipinski definition) is 8. The first-order valence-corrected chi connectivity index (χ1v) is 14.4. The van der Waals surface area contributed by atoms with E-state index in [1.807, 2.05) is 36.6 Å². The van der Waals surface area contributed by atoms with Crippen molar-refractivity contribution in [2.45, 2.75) is 75.5 Å². The van der Waals surface area contributed by atoms with Crippen LogP contribution >= 0.6 is 11.8 Å². The second-order valence-corrected chi connectivity index (χ2v) is 10.2. The van der Waals surface area contributed by atoms with Crippen LogP contribution in [0.15, 0.2) is 30.3 Å². The number of aliphatic carboxylic acids is 1.